The van der Waals surface area contributed by atoms with Crippen LogP contribution in [0.4, 0.5) is 4.39 Å². The Morgan fingerprint density at radius 2 is 2.00 bits per heavy atom. The van der Waals surface area contributed by atoms with Crippen LogP contribution in [0.2, 0.25) is 0 Å². The third kappa shape index (κ3) is 1.95. The average molecular weight is 206 g/mol. The predicted octanol–water partition coefficient (Wildman–Crippen LogP) is 3.00. The minimum atomic E-state index is -0.838. The fraction of sp³-hybridized carbons (Fsp3) is 0.385. The third-order valence-corrected chi connectivity index (χ3v) is 3.05. The second-order valence-electron chi connectivity index (χ2n) is 4.20. The predicted molar refractivity (Wildman–Crippen MR) is 57.8 cm³/mol. The summed E-state index contributed by atoms with van der Waals surface area (Å²) in [5.41, 5.74) is -0.0403. The molecule has 80 valence electrons. The summed E-state index contributed by atoms with van der Waals surface area (Å²) in [6.07, 6.45) is 4.34. The van der Waals surface area contributed by atoms with Gasteiger partial charge in [-0.1, -0.05) is 18.2 Å². The minimum absolute atomic E-state index is 0.268. The molecule has 15 heavy (non-hydrogen) atoms. The van der Waals surface area contributed by atoms with E-state index in [0.29, 0.717) is 12.3 Å². The molecule has 1 fully saturated rings. The second kappa shape index (κ2) is 3.78. The molecular weight excluding hydrogens is 191 g/mol. The van der Waals surface area contributed by atoms with Gasteiger partial charge in [-0.25, -0.2) is 4.39 Å². The maximum Gasteiger partial charge on any atom is 0.123 e. The molecule has 1 atom stereocenters. The summed E-state index contributed by atoms with van der Waals surface area (Å²) in [6, 6.07) is 6.12. The third-order valence-electron chi connectivity index (χ3n) is 3.05. The summed E-state index contributed by atoms with van der Waals surface area (Å²) in [7, 11) is 0. The van der Waals surface area contributed by atoms with E-state index in [2.05, 4.69) is 6.58 Å². The van der Waals surface area contributed by atoms with Gasteiger partial charge in [-0.3, -0.25) is 0 Å². The molecule has 0 aromatic heterocycles. The lowest BCUT2D eigenvalue weighted by Gasteiger charge is -2.27. The van der Waals surface area contributed by atoms with Crippen molar-refractivity contribution < 1.29 is 9.50 Å². The highest BCUT2D eigenvalue weighted by Crippen LogP contribution is 2.47. The van der Waals surface area contributed by atoms with Gasteiger partial charge < -0.3 is 5.11 Å². The zero-order chi connectivity index (χ0) is 10.9. The topological polar surface area (TPSA) is 20.2 Å². The largest absolute Gasteiger partial charge is 0.385 e. The Balaban J connectivity index is 2.31. The summed E-state index contributed by atoms with van der Waals surface area (Å²) >= 11 is 0. The molecule has 1 aliphatic rings. The van der Waals surface area contributed by atoms with Crippen molar-refractivity contribution in [2.75, 3.05) is 0 Å². The smallest absolute Gasteiger partial charge is 0.123 e. The number of benzene rings is 1. The molecule has 1 aliphatic carbocycles. The van der Waals surface area contributed by atoms with Crippen molar-refractivity contribution in [3.63, 3.8) is 0 Å². The van der Waals surface area contributed by atoms with Gasteiger partial charge in [0, 0.05) is 0 Å². The van der Waals surface area contributed by atoms with Crippen molar-refractivity contribution in [1.82, 2.24) is 0 Å². The van der Waals surface area contributed by atoms with Crippen molar-refractivity contribution in [3.05, 3.63) is 48.3 Å². The molecule has 0 amide bonds. The Labute approximate surface area is 89.3 Å². The molecule has 1 nitrogen and oxygen atoms in total. The van der Waals surface area contributed by atoms with Crippen LogP contribution >= 0.6 is 0 Å². The molecule has 0 saturated heterocycles. The monoisotopic (exact) mass is 206 g/mol. The molecule has 1 aromatic carbocycles. The molecule has 0 bridgehead atoms. The quantitative estimate of drug-likeness (QED) is 0.751. The Morgan fingerprint density at radius 3 is 2.47 bits per heavy atom. The molecule has 0 heterocycles. The van der Waals surface area contributed by atoms with Crippen molar-refractivity contribution in [1.29, 1.82) is 0 Å². The number of rotatable bonds is 4. The molecule has 0 spiro atoms. The van der Waals surface area contributed by atoms with Gasteiger partial charge >= 0.3 is 0 Å². The van der Waals surface area contributed by atoms with E-state index >= 15 is 0 Å². The summed E-state index contributed by atoms with van der Waals surface area (Å²) in [5.74, 6) is 0.0384. The first-order valence-corrected chi connectivity index (χ1v) is 5.26. The Kier molecular flexibility index (Phi) is 2.61. The van der Waals surface area contributed by atoms with Crippen molar-refractivity contribution in [2.24, 2.45) is 5.92 Å². The van der Waals surface area contributed by atoms with Crippen LogP contribution in [0.15, 0.2) is 36.9 Å². The highest BCUT2D eigenvalue weighted by atomic mass is 19.1. The minimum Gasteiger partial charge on any atom is -0.385 e. The molecule has 1 saturated carbocycles. The highest BCUT2D eigenvalue weighted by Gasteiger charge is 2.43. The lowest BCUT2D eigenvalue weighted by atomic mass is 9.86. The Hall–Kier alpha value is -1.15. The summed E-state index contributed by atoms with van der Waals surface area (Å²) in [4.78, 5) is 0. The first-order chi connectivity index (χ1) is 7.16. The zero-order valence-corrected chi connectivity index (χ0v) is 8.62. The maximum atomic E-state index is 12.8. The first kappa shape index (κ1) is 10.4. The maximum absolute atomic E-state index is 12.8. The van der Waals surface area contributed by atoms with Gasteiger partial charge in [-0.2, -0.15) is 0 Å². The van der Waals surface area contributed by atoms with Crippen molar-refractivity contribution in [3.8, 4) is 0 Å². The Bertz CT molecular complexity index is 353. The lowest BCUT2D eigenvalue weighted by molar-refractivity contribution is 0.0159. The zero-order valence-electron chi connectivity index (χ0n) is 8.62. The van der Waals surface area contributed by atoms with Crippen LogP contribution in [0.5, 0.6) is 0 Å². The molecule has 2 rings (SSSR count). The lowest BCUT2D eigenvalue weighted by Crippen LogP contribution is -2.27. The molecular formula is C13H15FO. The van der Waals surface area contributed by atoms with Crippen molar-refractivity contribution >= 4 is 0 Å². The standard InChI is InChI=1S/C13H15FO/c1-2-9-13(15,10-3-4-10)11-5-7-12(14)8-6-11/h2,5-8,10,15H,1,3-4,9H2. The number of hydrogen-bond acceptors (Lipinski definition) is 1. The molecule has 1 N–H and O–H groups in total. The van der Waals surface area contributed by atoms with E-state index in [0.717, 1.165) is 18.4 Å². The van der Waals surface area contributed by atoms with E-state index in [1.54, 1.807) is 18.2 Å². The second-order valence-corrected chi connectivity index (χ2v) is 4.20. The van der Waals surface area contributed by atoms with Gasteiger partial charge in [0.25, 0.3) is 0 Å². The van der Waals surface area contributed by atoms with Gasteiger partial charge in [0.2, 0.25) is 0 Å². The number of hydrogen-bond donors (Lipinski definition) is 1. The van der Waals surface area contributed by atoms with Crippen LogP contribution in [0.1, 0.15) is 24.8 Å². The Morgan fingerprint density at radius 1 is 1.40 bits per heavy atom. The molecule has 2 heteroatoms. The van der Waals surface area contributed by atoms with Gasteiger partial charge in [0.15, 0.2) is 0 Å². The molecule has 1 unspecified atom stereocenters. The molecule has 0 aliphatic heterocycles. The van der Waals surface area contributed by atoms with Crippen LogP contribution < -0.4 is 0 Å². The number of aliphatic hydroxyl groups is 1. The molecule has 1 aromatic rings. The van der Waals surface area contributed by atoms with Gasteiger partial charge in [0.1, 0.15) is 5.82 Å². The van der Waals surface area contributed by atoms with E-state index < -0.39 is 5.60 Å². The van der Waals surface area contributed by atoms with Crippen LogP contribution in [0.3, 0.4) is 0 Å². The summed E-state index contributed by atoms with van der Waals surface area (Å²) in [5, 5.41) is 10.5. The van der Waals surface area contributed by atoms with E-state index in [1.165, 1.54) is 12.1 Å². The van der Waals surface area contributed by atoms with Gasteiger partial charge in [0.05, 0.1) is 5.60 Å². The van der Waals surface area contributed by atoms with Crippen LogP contribution in [0, 0.1) is 11.7 Å². The normalized spacial score (nSPS) is 19.6. The SMILES string of the molecule is C=CCC(O)(c1ccc(F)cc1)C1CC1. The fourth-order valence-electron chi connectivity index (χ4n) is 2.04. The van der Waals surface area contributed by atoms with E-state index in [4.69, 9.17) is 0 Å². The number of halogens is 1. The van der Waals surface area contributed by atoms with Crippen molar-refractivity contribution in [2.45, 2.75) is 24.9 Å². The van der Waals surface area contributed by atoms with Crippen LogP contribution in [-0.4, -0.2) is 5.11 Å². The van der Waals surface area contributed by atoms with Gasteiger partial charge in [-0.05, 0) is 42.9 Å². The highest BCUT2D eigenvalue weighted by molar-refractivity contribution is 5.26. The van der Waals surface area contributed by atoms with E-state index in [9.17, 15) is 9.50 Å². The van der Waals surface area contributed by atoms with Crippen LogP contribution in [0.25, 0.3) is 0 Å². The van der Waals surface area contributed by atoms with Gasteiger partial charge in [-0.15, -0.1) is 6.58 Å². The summed E-state index contributed by atoms with van der Waals surface area (Å²) < 4.78 is 12.8. The molecule has 0 radical (unpaired) electrons. The van der Waals surface area contributed by atoms with E-state index in [-0.39, 0.29) is 5.82 Å². The van der Waals surface area contributed by atoms with E-state index in [1.807, 2.05) is 0 Å². The first-order valence-electron chi connectivity index (χ1n) is 5.26. The van der Waals surface area contributed by atoms with Crippen LogP contribution in [-0.2, 0) is 5.60 Å². The fourth-order valence-corrected chi connectivity index (χ4v) is 2.04. The summed E-state index contributed by atoms with van der Waals surface area (Å²) in [6.45, 7) is 3.66. The average Bonchev–Trinajstić information content (AvgIpc) is 3.02.